The van der Waals surface area contributed by atoms with Crippen LogP contribution in [0.25, 0.3) is 0 Å². The predicted molar refractivity (Wildman–Crippen MR) is 86.8 cm³/mol. The molecule has 23 heavy (non-hydrogen) atoms. The summed E-state index contributed by atoms with van der Waals surface area (Å²) in [6.07, 6.45) is 1.03. The third kappa shape index (κ3) is 4.16. The van der Waals surface area contributed by atoms with Crippen molar-refractivity contribution >= 4 is 19.5 Å². The predicted octanol–water partition coefficient (Wildman–Crippen LogP) is 3.53. The molecule has 0 amide bonds. The van der Waals surface area contributed by atoms with Gasteiger partial charge in [-0.2, -0.15) is 4.74 Å². The molecule has 0 heterocycles. The number of hydroxylamine groups is 1. The normalized spacial score (nSPS) is 13.1. The lowest BCUT2D eigenvalue weighted by atomic mass is 10.2. The number of nitro benzene ring substituents is 1. The van der Waals surface area contributed by atoms with Gasteiger partial charge in [0.05, 0.1) is 18.1 Å². The Morgan fingerprint density at radius 3 is 2.17 bits per heavy atom. The molecule has 1 aromatic rings. The molecule has 0 fully saturated rings. The minimum atomic E-state index is -3.74. The lowest BCUT2D eigenvalue weighted by molar-refractivity contribution is -0.510. The monoisotopic (exact) mass is 344 g/mol. The van der Waals surface area contributed by atoms with Crippen LogP contribution in [0.3, 0.4) is 0 Å². The van der Waals surface area contributed by atoms with E-state index >= 15 is 0 Å². The Balaban J connectivity index is 3.32. The molecule has 9 heteroatoms. The van der Waals surface area contributed by atoms with Crippen LogP contribution in [0.15, 0.2) is 24.3 Å². The molecule has 8 nitrogen and oxygen atoms in total. The molecule has 0 saturated heterocycles. The van der Waals surface area contributed by atoms with Crippen molar-refractivity contribution < 1.29 is 23.3 Å². The van der Waals surface area contributed by atoms with Gasteiger partial charge in [-0.3, -0.25) is 14.7 Å². The number of hydrogen-bond donors (Lipinski definition) is 0. The standard InChI is InChI=1S/C14H21N2O6P/c1-5-21-23(20,22-6-2)14(3,4)15(17)11-12-9-7-8-10-13(12)16(18)19/h7-11H,5-6H2,1-4H3/b15-11-. The van der Waals surface area contributed by atoms with Gasteiger partial charge >= 0.3 is 7.60 Å². The number of nitro groups is 1. The average Bonchev–Trinajstić information content (AvgIpc) is 2.47. The molecule has 0 aliphatic heterocycles. The van der Waals surface area contributed by atoms with Crippen LogP contribution in [0.5, 0.6) is 0 Å². The fraction of sp³-hybridized carbons (Fsp3) is 0.500. The van der Waals surface area contributed by atoms with Crippen molar-refractivity contribution in [1.29, 1.82) is 0 Å². The Kier molecular flexibility index (Phi) is 6.44. The zero-order valence-corrected chi connectivity index (χ0v) is 14.5. The Morgan fingerprint density at radius 2 is 1.70 bits per heavy atom. The second-order valence-corrected chi connectivity index (χ2v) is 7.70. The zero-order chi connectivity index (χ0) is 17.7. The highest BCUT2D eigenvalue weighted by Crippen LogP contribution is 2.59. The van der Waals surface area contributed by atoms with Crippen LogP contribution in [-0.2, 0) is 13.6 Å². The van der Waals surface area contributed by atoms with Gasteiger partial charge in [0.1, 0.15) is 5.56 Å². The first-order valence-corrected chi connectivity index (χ1v) is 8.67. The maximum absolute atomic E-state index is 12.8. The largest absolute Gasteiger partial charge is 0.623 e. The Bertz CT molecular complexity index is 634. The van der Waals surface area contributed by atoms with Crippen molar-refractivity contribution in [2.24, 2.45) is 0 Å². The number of para-hydroxylation sites is 1. The van der Waals surface area contributed by atoms with Crippen molar-refractivity contribution in [1.82, 2.24) is 0 Å². The van der Waals surface area contributed by atoms with Crippen molar-refractivity contribution in [3.8, 4) is 0 Å². The van der Waals surface area contributed by atoms with E-state index in [2.05, 4.69) is 0 Å². The van der Waals surface area contributed by atoms with Crippen molar-refractivity contribution in [3.05, 3.63) is 45.2 Å². The molecule has 1 aromatic carbocycles. The summed E-state index contributed by atoms with van der Waals surface area (Å²) in [4.78, 5) is 10.4. The maximum atomic E-state index is 12.8. The Hall–Kier alpha value is -1.76. The third-order valence-electron chi connectivity index (χ3n) is 3.20. The van der Waals surface area contributed by atoms with Gasteiger partial charge in [-0.15, -0.1) is 0 Å². The summed E-state index contributed by atoms with van der Waals surface area (Å²) in [6.45, 7) is 6.33. The lowest BCUT2D eigenvalue weighted by Gasteiger charge is -2.30. The van der Waals surface area contributed by atoms with E-state index in [0.717, 1.165) is 6.21 Å². The molecular weight excluding hydrogens is 323 g/mol. The topological polar surface area (TPSA) is 105 Å². The highest BCUT2D eigenvalue weighted by atomic mass is 31.2. The Labute approximate surface area is 135 Å². The molecule has 0 unspecified atom stereocenters. The van der Waals surface area contributed by atoms with Gasteiger partial charge < -0.3 is 14.3 Å². The first kappa shape index (κ1) is 19.3. The van der Waals surface area contributed by atoms with Crippen LogP contribution in [0.1, 0.15) is 33.3 Å². The number of nitrogens with zero attached hydrogens (tertiary/aromatic N) is 2. The van der Waals surface area contributed by atoms with Crippen LogP contribution in [0.4, 0.5) is 5.69 Å². The highest BCUT2D eigenvalue weighted by molar-refractivity contribution is 7.55. The fourth-order valence-corrected chi connectivity index (χ4v) is 3.55. The molecule has 0 aliphatic rings. The minimum absolute atomic E-state index is 0.111. The molecule has 0 atom stereocenters. The first-order chi connectivity index (χ1) is 10.7. The maximum Gasteiger partial charge on any atom is 0.401 e. The molecule has 128 valence electrons. The summed E-state index contributed by atoms with van der Waals surface area (Å²) >= 11 is 0. The van der Waals surface area contributed by atoms with Gasteiger partial charge in [0.2, 0.25) is 0 Å². The average molecular weight is 344 g/mol. The van der Waals surface area contributed by atoms with Crippen LogP contribution >= 0.6 is 7.60 Å². The quantitative estimate of drug-likeness (QED) is 0.178. The molecule has 0 aromatic heterocycles. The van der Waals surface area contributed by atoms with Crippen LogP contribution in [0, 0.1) is 15.3 Å². The van der Waals surface area contributed by atoms with E-state index in [-0.39, 0.29) is 24.5 Å². The summed E-state index contributed by atoms with van der Waals surface area (Å²) < 4.78 is 23.7. The zero-order valence-electron chi connectivity index (χ0n) is 13.6. The summed E-state index contributed by atoms with van der Waals surface area (Å²) in [6, 6.07) is 5.80. The van der Waals surface area contributed by atoms with Crippen LogP contribution in [0.2, 0.25) is 0 Å². The van der Waals surface area contributed by atoms with E-state index in [9.17, 15) is 19.9 Å². The fourth-order valence-electron chi connectivity index (χ4n) is 1.86. The van der Waals surface area contributed by atoms with E-state index in [1.807, 2.05) is 0 Å². The minimum Gasteiger partial charge on any atom is -0.623 e. The smallest absolute Gasteiger partial charge is 0.401 e. The van der Waals surface area contributed by atoms with Gasteiger partial charge in [0, 0.05) is 19.9 Å². The third-order valence-corrected chi connectivity index (χ3v) is 5.93. The molecule has 0 N–H and O–H groups in total. The summed E-state index contributed by atoms with van der Waals surface area (Å²) in [5, 5.41) is 22.0. The van der Waals surface area contributed by atoms with Crippen LogP contribution < -0.4 is 0 Å². The molecule has 0 bridgehead atoms. The van der Waals surface area contributed by atoms with Gasteiger partial charge in [-0.25, -0.2) is 0 Å². The van der Waals surface area contributed by atoms with E-state index in [1.165, 1.54) is 32.0 Å². The van der Waals surface area contributed by atoms with E-state index in [0.29, 0.717) is 4.74 Å². The van der Waals surface area contributed by atoms with Gasteiger partial charge in [-0.05, 0) is 19.9 Å². The molecule has 0 radical (unpaired) electrons. The van der Waals surface area contributed by atoms with Gasteiger partial charge in [-0.1, -0.05) is 12.1 Å². The number of benzene rings is 1. The van der Waals surface area contributed by atoms with Crippen molar-refractivity contribution in [2.45, 2.75) is 33.0 Å². The van der Waals surface area contributed by atoms with Crippen molar-refractivity contribution in [2.75, 3.05) is 13.2 Å². The SMILES string of the molecule is CCOP(=O)(OCC)C(C)(C)/[N+]([O-])=C/c1ccccc1[N+](=O)[O-]. The first-order valence-electron chi connectivity index (χ1n) is 7.13. The summed E-state index contributed by atoms with van der Waals surface area (Å²) in [5.41, 5.74) is -0.105. The number of rotatable bonds is 8. The molecule has 0 spiro atoms. The van der Waals surface area contributed by atoms with E-state index in [1.54, 1.807) is 19.9 Å². The molecular formula is C14H21N2O6P. The molecule has 0 aliphatic carbocycles. The highest BCUT2D eigenvalue weighted by Gasteiger charge is 2.51. The van der Waals surface area contributed by atoms with Gasteiger partial charge in [0.15, 0.2) is 6.21 Å². The lowest BCUT2D eigenvalue weighted by Crippen LogP contribution is -2.35. The second-order valence-electron chi connectivity index (χ2n) is 5.10. The van der Waals surface area contributed by atoms with E-state index in [4.69, 9.17) is 9.05 Å². The number of hydrogen-bond acceptors (Lipinski definition) is 6. The second kappa shape index (κ2) is 7.68. The van der Waals surface area contributed by atoms with Gasteiger partial charge in [0.25, 0.3) is 11.0 Å². The summed E-state index contributed by atoms with van der Waals surface area (Å²) in [7, 11) is -3.74. The Morgan fingerprint density at radius 1 is 1.17 bits per heavy atom. The molecule has 1 rings (SSSR count). The van der Waals surface area contributed by atoms with Crippen LogP contribution in [-0.4, -0.2) is 34.4 Å². The van der Waals surface area contributed by atoms with E-state index < -0.39 is 17.8 Å². The molecule has 0 saturated carbocycles. The van der Waals surface area contributed by atoms with Crippen molar-refractivity contribution in [3.63, 3.8) is 0 Å². The summed E-state index contributed by atoms with van der Waals surface area (Å²) in [5.74, 6) is 0.